The highest BCUT2D eigenvalue weighted by Crippen LogP contribution is 2.34. The third kappa shape index (κ3) is 7.27. The summed E-state index contributed by atoms with van der Waals surface area (Å²) >= 11 is 0. The van der Waals surface area contributed by atoms with Gasteiger partial charge in [-0.15, -0.1) is 0 Å². The van der Waals surface area contributed by atoms with Crippen LogP contribution < -0.4 is 11.1 Å². The van der Waals surface area contributed by atoms with Crippen LogP contribution in [0.1, 0.15) is 30.4 Å². The lowest BCUT2D eigenvalue weighted by Gasteiger charge is -2.41. The Kier molecular flexibility index (Phi) is 8.92. The minimum Gasteiger partial charge on any atom is -0.389 e. The Morgan fingerprint density at radius 3 is 2.46 bits per heavy atom. The van der Waals surface area contributed by atoms with Crippen LogP contribution in [-0.2, 0) is 17.5 Å². The maximum Gasteiger partial charge on any atom is 0.416 e. The maximum atomic E-state index is 15.6. The SMILES string of the molecule is C=N/C(=C(/F)C(=NC)NC[C@]1(O)CCN(CC(N)=O)C[C@H]1O)N(Cc1ccc(C(F)(F)F)cc1)C1CC1. The van der Waals surface area contributed by atoms with E-state index >= 15 is 4.39 Å². The number of aliphatic hydroxyl groups is 2. The topological polar surface area (TPSA) is 127 Å². The van der Waals surface area contributed by atoms with E-state index < -0.39 is 35.2 Å². The smallest absolute Gasteiger partial charge is 0.389 e. The fourth-order valence-electron chi connectivity index (χ4n) is 4.24. The van der Waals surface area contributed by atoms with Gasteiger partial charge in [0.25, 0.3) is 0 Å². The number of hydrogen-bond acceptors (Lipinski definition) is 7. The summed E-state index contributed by atoms with van der Waals surface area (Å²) in [6, 6.07) is 4.56. The number of piperidine rings is 1. The zero-order chi connectivity index (χ0) is 27.4. The van der Waals surface area contributed by atoms with Crippen LogP contribution >= 0.6 is 0 Å². The molecule has 13 heteroatoms. The lowest BCUT2D eigenvalue weighted by atomic mass is 9.88. The van der Waals surface area contributed by atoms with E-state index in [1.54, 1.807) is 9.80 Å². The third-order valence-corrected chi connectivity index (χ3v) is 6.53. The zero-order valence-electron chi connectivity index (χ0n) is 20.5. The van der Waals surface area contributed by atoms with Crippen LogP contribution in [-0.4, -0.2) is 89.4 Å². The van der Waals surface area contributed by atoms with Crippen LogP contribution in [0.15, 0.2) is 45.9 Å². The van der Waals surface area contributed by atoms with Crippen molar-refractivity contribution in [1.29, 1.82) is 0 Å². The van der Waals surface area contributed by atoms with Crippen molar-refractivity contribution in [1.82, 2.24) is 15.1 Å². The minimum absolute atomic E-state index is 0.0140. The third-order valence-electron chi connectivity index (χ3n) is 6.53. The van der Waals surface area contributed by atoms with E-state index in [0.717, 1.165) is 25.0 Å². The Bertz CT molecular complexity index is 1040. The standard InChI is InChI=1S/C24H32F4N6O3/c1-30-21(32-14-23(37)9-10-33(12-18(23)35)13-19(29)36)20(25)22(31-2)34(17-7-8-17)11-15-3-5-16(6-4-15)24(26,27)28/h3-6,17-18,35,37H,2,7-14H2,1H3,(H2,29,36)(H,30,32)/b22-20-/t18-,23-/m1/s1. The van der Waals surface area contributed by atoms with Gasteiger partial charge in [0, 0.05) is 39.3 Å². The molecule has 1 amide bonds. The Morgan fingerprint density at radius 1 is 1.32 bits per heavy atom. The summed E-state index contributed by atoms with van der Waals surface area (Å²) in [4.78, 5) is 22.2. The molecule has 2 aliphatic rings. The first-order chi connectivity index (χ1) is 17.4. The molecule has 0 unspecified atom stereocenters. The number of rotatable bonds is 10. The summed E-state index contributed by atoms with van der Waals surface area (Å²) in [5, 5.41) is 24.1. The zero-order valence-corrected chi connectivity index (χ0v) is 20.5. The molecule has 1 saturated carbocycles. The van der Waals surface area contributed by atoms with Crippen molar-refractivity contribution in [3.8, 4) is 0 Å². The number of aliphatic hydroxyl groups excluding tert-OH is 1. The molecule has 0 aromatic heterocycles. The maximum absolute atomic E-state index is 15.6. The lowest BCUT2D eigenvalue weighted by molar-refractivity contribution is -0.137. The number of β-amino-alcohol motifs (C(OH)–C–C–N with tert-alkyl or cyclic N) is 1. The molecule has 1 heterocycles. The fourth-order valence-corrected chi connectivity index (χ4v) is 4.24. The van der Waals surface area contributed by atoms with Gasteiger partial charge in [-0.05, 0) is 43.7 Å². The van der Waals surface area contributed by atoms with Crippen LogP contribution in [0.4, 0.5) is 17.6 Å². The number of carbonyl (C=O) groups is 1. The van der Waals surface area contributed by atoms with Gasteiger partial charge in [-0.25, -0.2) is 4.99 Å². The number of hydrogen-bond donors (Lipinski definition) is 4. The van der Waals surface area contributed by atoms with Crippen molar-refractivity contribution in [3.05, 3.63) is 47.0 Å². The number of halogens is 4. The van der Waals surface area contributed by atoms with Gasteiger partial charge in [0.05, 0.1) is 18.2 Å². The molecule has 3 rings (SSSR count). The monoisotopic (exact) mass is 528 g/mol. The second-order valence-corrected chi connectivity index (χ2v) is 9.35. The largest absolute Gasteiger partial charge is 0.416 e. The van der Waals surface area contributed by atoms with Gasteiger partial charge in [-0.1, -0.05) is 12.1 Å². The van der Waals surface area contributed by atoms with Crippen LogP contribution in [0.25, 0.3) is 0 Å². The summed E-state index contributed by atoms with van der Waals surface area (Å²) in [5.74, 6) is -1.75. The van der Waals surface area contributed by atoms with Crippen molar-refractivity contribution < 1.29 is 32.6 Å². The second kappa shape index (κ2) is 11.6. The van der Waals surface area contributed by atoms with E-state index in [4.69, 9.17) is 5.73 Å². The summed E-state index contributed by atoms with van der Waals surface area (Å²) < 4.78 is 54.3. The number of likely N-dealkylation sites (tertiary alicyclic amines) is 1. The summed E-state index contributed by atoms with van der Waals surface area (Å²) in [6.45, 7) is 3.62. The molecular weight excluding hydrogens is 496 g/mol. The Morgan fingerprint density at radius 2 is 1.97 bits per heavy atom. The number of primary amides is 1. The number of amides is 1. The molecule has 1 saturated heterocycles. The molecule has 1 aromatic rings. The second-order valence-electron chi connectivity index (χ2n) is 9.35. The van der Waals surface area contributed by atoms with Crippen LogP contribution in [0.3, 0.4) is 0 Å². The number of nitrogens with two attached hydrogens (primary N) is 1. The molecule has 204 valence electrons. The van der Waals surface area contributed by atoms with E-state index in [1.807, 2.05) is 0 Å². The van der Waals surface area contributed by atoms with Gasteiger partial charge in [-0.3, -0.25) is 14.7 Å². The summed E-state index contributed by atoms with van der Waals surface area (Å²) in [6.07, 6.45) is -4.06. The van der Waals surface area contributed by atoms with Crippen molar-refractivity contribution in [3.63, 3.8) is 0 Å². The first-order valence-corrected chi connectivity index (χ1v) is 11.8. The number of amidine groups is 1. The number of aliphatic imine (C=N–C) groups is 2. The Labute approximate surface area is 212 Å². The molecule has 9 nitrogen and oxygen atoms in total. The van der Waals surface area contributed by atoms with E-state index in [9.17, 15) is 28.2 Å². The van der Waals surface area contributed by atoms with E-state index in [0.29, 0.717) is 12.1 Å². The normalized spacial score (nSPS) is 23.9. The molecule has 2 fully saturated rings. The molecule has 1 aromatic carbocycles. The molecule has 1 aliphatic heterocycles. The van der Waals surface area contributed by atoms with Crippen LogP contribution in [0.2, 0.25) is 0 Å². The molecule has 0 spiro atoms. The first-order valence-electron chi connectivity index (χ1n) is 11.8. The molecule has 5 N–H and O–H groups in total. The first kappa shape index (κ1) is 28.5. The molecular formula is C24H32F4N6O3. The van der Waals surface area contributed by atoms with Crippen molar-refractivity contribution in [2.24, 2.45) is 15.7 Å². The van der Waals surface area contributed by atoms with E-state index in [-0.39, 0.29) is 50.3 Å². The van der Waals surface area contributed by atoms with E-state index in [2.05, 4.69) is 22.0 Å². The number of benzene rings is 1. The number of alkyl halides is 3. The summed E-state index contributed by atoms with van der Waals surface area (Å²) in [5.41, 5.74) is 3.34. The van der Waals surface area contributed by atoms with Gasteiger partial charge in [0.2, 0.25) is 11.7 Å². The van der Waals surface area contributed by atoms with E-state index in [1.165, 1.54) is 19.2 Å². The number of nitrogens with one attached hydrogen (secondary N) is 1. The predicted octanol–water partition coefficient (Wildman–Crippen LogP) is 1.41. The van der Waals surface area contributed by atoms with Crippen molar-refractivity contribution in [2.75, 3.05) is 33.2 Å². The van der Waals surface area contributed by atoms with Crippen molar-refractivity contribution in [2.45, 2.75) is 49.7 Å². The predicted molar refractivity (Wildman–Crippen MR) is 130 cm³/mol. The number of nitrogens with zero attached hydrogens (tertiary/aromatic N) is 4. The highest BCUT2D eigenvalue weighted by molar-refractivity contribution is 5.96. The quantitative estimate of drug-likeness (QED) is 0.207. The average molecular weight is 529 g/mol. The Balaban J connectivity index is 1.73. The molecule has 1 aliphatic carbocycles. The van der Waals surface area contributed by atoms with Gasteiger partial charge >= 0.3 is 6.18 Å². The molecule has 0 bridgehead atoms. The molecule has 0 radical (unpaired) electrons. The Hall–Kier alpha value is -3.03. The van der Waals surface area contributed by atoms with Crippen molar-refractivity contribution >= 4 is 18.5 Å². The number of carbonyl (C=O) groups excluding carboxylic acids is 1. The molecule has 2 atom stereocenters. The average Bonchev–Trinajstić information content (AvgIpc) is 3.67. The van der Waals surface area contributed by atoms with Crippen LogP contribution in [0.5, 0.6) is 0 Å². The van der Waals surface area contributed by atoms with Gasteiger partial charge < -0.3 is 26.2 Å². The summed E-state index contributed by atoms with van der Waals surface area (Å²) in [7, 11) is 1.34. The molecule has 37 heavy (non-hydrogen) atoms. The highest BCUT2D eigenvalue weighted by atomic mass is 19.4. The van der Waals surface area contributed by atoms with Gasteiger partial charge in [-0.2, -0.15) is 17.6 Å². The van der Waals surface area contributed by atoms with Gasteiger partial charge in [0.1, 0.15) is 5.60 Å². The highest BCUT2D eigenvalue weighted by Gasteiger charge is 2.41. The van der Waals surface area contributed by atoms with Crippen LogP contribution in [0, 0.1) is 0 Å². The van der Waals surface area contributed by atoms with Gasteiger partial charge in [0.15, 0.2) is 11.7 Å². The lowest BCUT2D eigenvalue weighted by Crippen LogP contribution is -2.61. The minimum atomic E-state index is -4.46. The fraction of sp³-hybridized carbons (Fsp3) is 0.542.